The number of rotatable bonds is 19. The normalized spacial score (nSPS) is 11.4. The maximum atomic E-state index is 6.07. The van der Waals surface area contributed by atoms with Crippen LogP contribution >= 0.6 is 0 Å². The molecule has 0 aromatic carbocycles. The van der Waals surface area contributed by atoms with Gasteiger partial charge in [-0.2, -0.15) is 0 Å². The molecule has 0 heterocycles. The van der Waals surface area contributed by atoms with Gasteiger partial charge >= 0.3 is 8.56 Å². The van der Waals surface area contributed by atoms with Gasteiger partial charge in [0.05, 0.1) is 0 Å². The quantitative estimate of drug-likeness (QED) is 0.125. The first-order valence-electron chi connectivity index (χ1n) is 11.9. The maximum Gasteiger partial charge on any atom is 0.331 e. The van der Waals surface area contributed by atoms with Crippen LogP contribution in [-0.2, 0) is 8.85 Å². The van der Waals surface area contributed by atoms with Gasteiger partial charge < -0.3 is 8.85 Å². The topological polar surface area (TPSA) is 18.5 Å². The first-order chi connectivity index (χ1) is 13.1. The van der Waals surface area contributed by atoms with Crippen molar-refractivity contribution in [2.75, 3.05) is 13.2 Å². The van der Waals surface area contributed by atoms with Crippen LogP contribution in [0.3, 0.4) is 0 Å². The molecular formula is C24H48O2Si. The molecule has 0 unspecified atom stereocenters. The SMILES string of the molecule is CCC#CCCCCCCCCO[Si](C)(C)OCCCCCCCCCC. The van der Waals surface area contributed by atoms with Crippen LogP contribution in [0.1, 0.15) is 117 Å². The van der Waals surface area contributed by atoms with Crippen LogP contribution in [0.4, 0.5) is 0 Å². The third-order valence-electron chi connectivity index (χ3n) is 4.90. The highest BCUT2D eigenvalue weighted by Crippen LogP contribution is 2.13. The fourth-order valence-electron chi connectivity index (χ4n) is 3.15. The Morgan fingerprint density at radius 3 is 1.48 bits per heavy atom. The summed E-state index contributed by atoms with van der Waals surface area (Å²) in [7, 11) is -1.90. The van der Waals surface area contributed by atoms with Gasteiger partial charge in [-0.3, -0.25) is 0 Å². The lowest BCUT2D eigenvalue weighted by Crippen LogP contribution is -2.35. The molecule has 0 radical (unpaired) electrons. The van der Waals surface area contributed by atoms with Crippen molar-refractivity contribution in [1.29, 1.82) is 0 Å². The van der Waals surface area contributed by atoms with Crippen molar-refractivity contribution in [1.82, 2.24) is 0 Å². The van der Waals surface area contributed by atoms with Crippen molar-refractivity contribution < 1.29 is 8.85 Å². The first-order valence-corrected chi connectivity index (χ1v) is 14.7. The Kier molecular flexibility index (Phi) is 20.2. The van der Waals surface area contributed by atoms with E-state index in [4.69, 9.17) is 8.85 Å². The minimum absolute atomic E-state index is 0.874. The summed E-state index contributed by atoms with van der Waals surface area (Å²) in [6.07, 6.45) is 20.6. The average Bonchev–Trinajstić information content (AvgIpc) is 2.64. The molecule has 0 aromatic heterocycles. The summed E-state index contributed by atoms with van der Waals surface area (Å²) >= 11 is 0. The van der Waals surface area contributed by atoms with Crippen molar-refractivity contribution in [3.05, 3.63) is 0 Å². The molecule has 0 fully saturated rings. The molecule has 160 valence electrons. The maximum absolute atomic E-state index is 6.07. The van der Waals surface area contributed by atoms with Crippen LogP contribution in [-0.4, -0.2) is 21.8 Å². The fraction of sp³-hybridized carbons (Fsp3) is 0.917. The average molecular weight is 397 g/mol. The van der Waals surface area contributed by atoms with Crippen LogP contribution < -0.4 is 0 Å². The van der Waals surface area contributed by atoms with Gasteiger partial charge in [0, 0.05) is 26.1 Å². The van der Waals surface area contributed by atoms with E-state index in [-0.39, 0.29) is 0 Å². The summed E-state index contributed by atoms with van der Waals surface area (Å²) in [6.45, 7) is 10.5. The smallest absolute Gasteiger partial charge is 0.331 e. The van der Waals surface area contributed by atoms with Crippen molar-refractivity contribution >= 4 is 8.56 Å². The molecule has 0 aliphatic heterocycles. The van der Waals surface area contributed by atoms with Crippen LogP contribution in [0.5, 0.6) is 0 Å². The molecule has 0 spiro atoms. The van der Waals surface area contributed by atoms with Crippen LogP contribution in [0.2, 0.25) is 13.1 Å². The molecule has 2 nitrogen and oxygen atoms in total. The predicted molar refractivity (Wildman–Crippen MR) is 122 cm³/mol. The Morgan fingerprint density at radius 2 is 1.00 bits per heavy atom. The predicted octanol–water partition coefficient (Wildman–Crippen LogP) is 8.01. The second-order valence-electron chi connectivity index (χ2n) is 8.15. The van der Waals surface area contributed by atoms with Crippen LogP contribution in [0, 0.1) is 11.8 Å². The first kappa shape index (κ1) is 26.7. The largest absolute Gasteiger partial charge is 0.395 e. The minimum atomic E-state index is -1.90. The molecule has 0 N–H and O–H groups in total. The van der Waals surface area contributed by atoms with Crippen molar-refractivity contribution in [2.45, 2.75) is 130 Å². The zero-order valence-corrected chi connectivity index (χ0v) is 20.0. The third-order valence-corrected chi connectivity index (χ3v) is 6.69. The van der Waals surface area contributed by atoms with Gasteiger partial charge in [-0.15, -0.1) is 11.8 Å². The molecule has 0 aliphatic rings. The van der Waals surface area contributed by atoms with E-state index in [9.17, 15) is 0 Å². The summed E-state index contributed by atoms with van der Waals surface area (Å²) in [5, 5.41) is 0. The van der Waals surface area contributed by atoms with Crippen molar-refractivity contribution in [2.24, 2.45) is 0 Å². The van der Waals surface area contributed by atoms with Crippen molar-refractivity contribution in [3.63, 3.8) is 0 Å². The highest BCUT2D eigenvalue weighted by atomic mass is 28.4. The summed E-state index contributed by atoms with van der Waals surface area (Å²) in [4.78, 5) is 0. The molecule has 0 rings (SSSR count). The van der Waals surface area contributed by atoms with E-state index in [2.05, 4.69) is 38.8 Å². The Hall–Kier alpha value is -0.303. The van der Waals surface area contributed by atoms with Gasteiger partial charge in [0.1, 0.15) is 0 Å². The highest BCUT2D eigenvalue weighted by Gasteiger charge is 2.23. The number of hydrogen-bond donors (Lipinski definition) is 0. The standard InChI is InChI=1S/C24H48O2Si/c1-5-7-9-11-13-15-16-18-20-22-24-26-27(3,4)25-23-21-19-17-14-12-10-8-6-2/h5-6,8,10-24H2,1-4H3. The van der Waals surface area contributed by atoms with Crippen molar-refractivity contribution in [3.8, 4) is 11.8 Å². The highest BCUT2D eigenvalue weighted by molar-refractivity contribution is 6.64. The lowest BCUT2D eigenvalue weighted by molar-refractivity contribution is 0.172. The lowest BCUT2D eigenvalue weighted by atomic mass is 10.1. The monoisotopic (exact) mass is 396 g/mol. The molecule has 0 aliphatic carbocycles. The molecule has 0 saturated carbocycles. The molecular weight excluding hydrogens is 348 g/mol. The van der Waals surface area contributed by atoms with E-state index < -0.39 is 8.56 Å². The third kappa shape index (κ3) is 21.9. The van der Waals surface area contributed by atoms with E-state index >= 15 is 0 Å². The molecule has 0 saturated heterocycles. The lowest BCUT2D eigenvalue weighted by Gasteiger charge is -2.23. The van der Waals surface area contributed by atoms with Crippen LogP contribution in [0.25, 0.3) is 0 Å². The number of hydrogen-bond acceptors (Lipinski definition) is 2. The molecule has 0 atom stereocenters. The summed E-state index contributed by atoms with van der Waals surface area (Å²) in [6, 6.07) is 0. The Bertz CT molecular complexity index is 357. The van der Waals surface area contributed by atoms with E-state index in [1.165, 1.54) is 89.9 Å². The van der Waals surface area contributed by atoms with Gasteiger partial charge in [-0.05, 0) is 32.4 Å². The van der Waals surface area contributed by atoms with E-state index in [1.807, 2.05) is 0 Å². The Morgan fingerprint density at radius 1 is 0.556 bits per heavy atom. The second-order valence-corrected chi connectivity index (χ2v) is 11.5. The Labute approximate surface area is 172 Å². The van der Waals surface area contributed by atoms with Gasteiger partial charge in [0.25, 0.3) is 0 Å². The zero-order chi connectivity index (χ0) is 20.1. The second kappa shape index (κ2) is 20.4. The minimum Gasteiger partial charge on any atom is -0.395 e. The van der Waals surface area contributed by atoms with E-state index in [1.54, 1.807) is 0 Å². The summed E-state index contributed by atoms with van der Waals surface area (Å²) in [5.74, 6) is 6.36. The zero-order valence-electron chi connectivity index (χ0n) is 19.0. The van der Waals surface area contributed by atoms with Gasteiger partial charge in [-0.25, -0.2) is 0 Å². The Balaban J connectivity index is 3.35. The summed E-state index contributed by atoms with van der Waals surface area (Å²) in [5.41, 5.74) is 0. The van der Waals surface area contributed by atoms with Gasteiger partial charge in [0.2, 0.25) is 0 Å². The van der Waals surface area contributed by atoms with E-state index in [0.29, 0.717) is 0 Å². The fourth-order valence-corrected chi connectivity index (χ4v) is 4.50. The van der Waals surface area contributed by atoms with Gasteiger partial charge in [-0.1, -0.05) is 84.5 Å². The molecule has 27 heavy (non-hydrogen) atoms. The van der Waals surface area contributed by atoms with Gasteiger partial charge in [0.15, 0.2) is 0 Å². The molecule has 0 aromatic rings. The summed E-state index contributed by atoms with van der Waals surface area (Å²) < 4.78 is 12.1. The molecule has 0 amide bonds. The number of unbranched alkanes of at least 4 members (excludes halogenated alkanes) is 13. The molecule has 3 heteroatoms. The van der Waals surface area contributed by atoms with E-state index in [0.717, 1.165) is 26.1 Å². The van der Waals surface area contributed by atoms with Crippen LogP contribution in [0.15, 0.2) is 0 Å². The molecule has 0 bridgehead atoms.